The average molecular weight is 192 g/mol. The van der Waals surface area contributed by atoms with Gasteiger partial charge in [-0.25, -0.2) is 0 Å². The van der Waals surface area contributed by atoms with E-state index in [-0.39, 0.29) is 0 Å². The highest BCUT2D eigenvalue weighted by Crippen LogP contribution is 2.24. The van der Waals surface area contributed by atoms with Crippen molar-refractivity contribution in [3.63, 3.8) is 0 Å². The van der Waals surface area contributed by atoms with Gasteiger partial charge in [-0.05, 0) is 19.8 Å². The highest BCUT2D eigenvalue weighted by molar-refractivity contribution is 5.02. The predicted octanol–water partition coefficient (Wildman–Crippen LogP) is 1.23. The van der Waals surface area contributed by atoms with Crippen molar-refractivity contribution in [3.05, 3.63) is 0 Å². The fourth-order valence-electron chi connectivity index (χ4n) is 2.72. The summed E-state index contributed by atoms with van der Waals surface area (Å²) < 4.78 is 0. The molecule has 14 heavy (non-hydrogen) atoms. The van der Waals surface area contributed by atoms with Crippen molar-refractivity contribution >= 4 is 0 Å². The summed E-state index contributed by atoms with van der Waals surface area (Å²) in [5.74, 6) is 6.20. The Morgan fingerprint density at radius 2 is 2.21 bits per heavy atom. The molecule has 1 aliphatic carbocycles. The van der Waals surface area contributed by atoms with Gasteiger partial charge in [0.2, 0.25) is 0 Å². The van der Waals surface area contributed by atoms with Gasteiger partial charge in [0, 0.05) is 25.2 Å². The first-order valence-corrected chi connectivity index (χ1v) is 5.79. The first-order chi connectivity index (χ1) is 6.92. The monoisotopic (exact) mass is 192 g/mol. The second-order valence-electron chi connectivity index (χ2n) is 4.31. The van der Waals surface area contributed by atoms with Gasteiger partial charge in [-0.3, -0.25) is 4.90 Å². The molecule has 1 saturated carbocycles. The second-order valence-corrected chi connectivity index (χ2v) is 4.31. The molecule has 0 amide bonds. The van der Waals surface area contributed by atoms with Crippen molar-refractivity contribution in [2.24, 2.45) is 0 Å². The van der Waals surface area contributed by atoms with E-state index in [9.17, 15) is 0 Å². The molecule has 0 bridgehead atoms. The molecule has 0 radical (unpaired) electrons. The molecular weight excluding hydrogens is 172 g/mol. The van der Waals surface area contributed by atoms with Crippen LogP contribution in [0, 0.1) is 11.8 Å². The highest BCUT2D eigenvalue weighted by Gasteiger charge is 2.32. The van der Waals surface area contributed by atoms with E-state index in [0.717, 1.165) is 25.2 Å². The zero-order valence-corrected chi connectivity index (χ0v) is 9.05. The van der Waals surface area contributed by atoms with Crippen LogP contribution in [0.4, 0.5) is 0 Å². The van der Waals surface area contributed by atoms with Gasteiger partial charge in [0.1, 0.15) is 0 Å². The third kappa shape index (κ3) is 2.10. The van der Waals surface area contributed by atoms with E-state index in [2.05, 4.69) is 22.1 Å². The summed E-state index contributed by atoms with van der Waals surface area (Å²) in [6.45, 7) is 5.22. The Hall–Kier alpha value is -0.520. The van der Waals surface area contributed by atoms with Crippen LogP contribution in [0.25, 0.3) is 0 Å². The maximum atomic E-state index is 3.64. The van der Waals surface area contributed by atoms with Crippen LogP contribution in [0.3, 0.4) is 0 Å². The maximum absolute atomic E-state index is 3.64. The quantitative estimate of drug-likeness (QED) is 0.629. The van der Waals surface area contributed by atoms with Gasteiger partial charge in [-0.15, -0.1) is 5.92 Å². The summed E-state index contributed by atoms with van der Waals surface area (Å²) in [6, 6.07) is 1.51. The highest BCUT2D eigenvalue weighted by atomic mass is 15.2. The Labute approximate surface area is 87.1 Å². The minimum absolute atomic E-state index is 0.746. The lowest BCUT2D eigenvalue weighted by molar-refractivity contribution is 0.101. The number of nitrogens with one attached hydrogen (secondary N) is 1. The molecule has 2 fully saturated rings. The van der Waals surface area contributed by atoms with Gasteiger partial charge in [0.25, 0.3) is 0 Å². The molecule has 2 heteroatoms. The zero-order chi connectivity index (χ0) is 9.80. The molecule has 1 aliphatic heterocycles. The van der Waals surface area contributed by atoms with Gasteiger partial charge in [-0.2, -0.15) is 0 Å². The van der Waals surface area contributed by atoms with Crippen LogP contribution in [-0.2, 0) is 0 Å². The minimum Gasteiger partial charge on any atom is -0.311 e. The van der Waals surface area contributed by atoms with E-state index >= 15 is 0 Å². The lowest BCUT2D eigenvalue weighted by Gasteiger charge is -2.43. The SMILES string of the molecule is CC#CCN1CCNC2CCCCC21. The smallest absolute Gasteiger partial charge is 0.0604 e. The van der Waals surface area contributed by atoms with E-state index in [0.29, 0.717) is 0 Å². The van der Waals surface area contributed by atoms with E-state index in [4.69, 9.17) is 0 Å². The summed E-state index contributed by atoms with van der Waals surface area (Å²) in [5, 5.41) is 3.64. The average Bonchev–Trinajstić information content (AvgIpc) is 2.26. The number of fused-ring (bicyclic) bond motifs is 1. The standard InChI is InChI=1S/C12H20N2/c1-2-3-9-14-10-8-13-11-6-4-5-7-12(11)14/h11-13H,4-10H2,1H3. The third-order valence-corrected chi connectivity index (χ3v) is 3.46. The lowest BCUT2D eigenvalue weighted by Crippen LogP contribution is -2.58. The van der Waals surface area contributed by atoms with Gasteiger partial charge < -0.3 is 5.32 Å². The molecule has 0 spiro atoms. The first-order valence-electron chi connectivity index (χ1n) is 5.79. The van der Waals surface area contributed by atoms with E-state index in [1.807, 2.05) is 6.92 Å². The van der Waals surface area contributed by atoms with Crippen molar-refractivity contribution in [2.45, 2.75) is 44.7 Å². The Morgan fingerprint density at radius 1 is 1.36 bits per heavy atom. The molecule has 2 nitrogen and oxygen atoms in total. The van der Waals surface area contributed by atoms with Crippen molar-refractivity contribution in [3.8, 4) is 11.8 Å². The molecule has 78 valence electrons. The third-order valence-electron chi connectivity index (χ3n) is 3.46. The number of nitrogens with zero attached hydrogens (tertiary/aromatic N) is 1. The van der Waals surface area contributed by atoms with Crippen molar-refractivity contribution in [1.82, 2.24) is 10.2 Å². The normalized spacial score (nSPS) is 32.9. The molecule has 0 aromatic rings. The molecule has 1 heterocycles. The second kappa shape index (κ2) is 4.82. The maximum Gasteiger partial charge on any atom is 0.0604 e. The lowest BCUT2D eigenvalue weighted by atomic mass is 9.87. The summed E-state index contributed by atoms with van der Waals surface area (Å²) in [6.07, 6.45) is 5.53. The number of hydrogen-bond acceptors (Lipinski definition) is 2. The number of hydrogen-bond donors (Lipinski definition) is 1. The molecule has 2 rings (SSSR count). The van der Waals surface area contributed by atoms with Crippen LogP contribution in [0.15, 0.2) is 0 Å². The fourth-order valence-corrected chi connectivity index (χ4v) is 2.72. The molecular formula is C12H20N2. The summed E-state index contributed by atoms with van der Waals surface area (Å²) in [4.78, 5) is 2.57. The Bertz CT molecular complexity index is 236. The number of rotatable bonds is 1. The van der Waals surface area contributed by atoms with Crippen LogP contribution in [-0.4, -0.2) is 36.6 Å². The Balaban J connectivity index is 1.96. The number of piperazine rings is 1. The summed E-state index contributed by atoms with van der Waals surface area (Å²) in [7, 11) is 0. The summed E-state index contributed by atoms with van der Waals surface area (Å²) in [5.41, 5.74) is 0. The van der Waals surface area contributed by atoms with Crippen LogP contribution < -0.4 is 5.32 Å². The van der Waals surface area contributed by atoms with Crippen molar-refractivity contribution in [1.29, 1.82) is 0 Å². The fraction of sp³-hybridized carbons (Fsp3) is 0.833. The molecule has 2 unspecified atom stereocenters. The minimum atomic E-state index is 0.746. The van der Waals surface area contributed by atoms with E-state index in [1.165, 1.54) is 32.2 Å². The van der Waals surface area contributed by atoms with Gasteiger partial charge >= 0.3 is 0 Å². The topological polar surface area (TPSA) is 15.3 Å². The van der Waals surface area contributed by atoms with E-state index < -0.39 is 0 Å². The molecule has 1 N–H and O–H groups in total. The largest absolute Gasteiger partial charge is 0.311 e. The Morgan fingerprint density at radius 3 is 3.07 bits per heavy atom. The van der Waals surface area contributed by atoms with Crippen molar-refractivity contribution < 1.29 is 0 Å². The van der Waals surface area contributed by atoms with Gasteiger partial charge in [0.15, 0.2) is 0 Å². The van der Waals surface area contributed by atoms with Crippen molar-refractivity contribution in [2.75, 3.05) is 19.6 Å². The molecule has 2 atom stereocenters. The van der Waals surface area contributed by atoms with Crippen LogP contribution in [0.5, 0.6) is 0 Å². The van der Waals surface area contributed by atoms with Gasteiger partial charge in [-0.1, -0.05) is 18.8 Å². The van der Waals surface area contributed by atoms with Gasteiger partial charge in [0.05, 0.1) is 6.54 Å². The Kier molecular flexibility index (Phi) is 3.44. The molecule has 0 aromatic heterocycles. The summed E-state index contributed by atoms with van der Waals surface area (Å²) >= 11 is 0. The van der Waals surface area contributed by atoms with Crippen LogP contribution >= 0.6 is 0 Å². The van der Waals surface area contributed by atoms with Crippen LogP contribution in [0.1, 0.15) is 32.6 Å². The predicted molar refractivity (Wildman–Crippen MR) is 59.1 cm³/mol. The molecule has 1 saturated heterocycles. The van der Waals surface area contributed by atoms with E-state index in [1.54, 1.807) is 0 Å². The molecule has 0 aromatic carbocycles. The molecule has 2 aliphatic rings. The van der Waals surface area contributed by atoms with Crippen LogP contribution in [0.2, 0.25) is 0 Å². The zero-order valence-electron chi connectivity index (χ0n) is 9.05. The first kappa shape index (κ1) is 10.0.